The average Bonchev–Trinajstić information content (AvgIpc) is 3.23. The number of rotatable bonds is 6. The maximum Gasteiger partial charge on any atom is 0.413 e. The van der Waals surface area contributed by atoms with Crippen molar-refractivity contribution in [3.63, 3.8) is 0 Å². The molecule has 8 nitrogen and oxygen atoms in total. The van der Waals surface area contributed by atoms with E-state index in [1.54, 1.807) is 6.92 Å². The molecule has 30 heavy (non-hydrogen) atoms. The topological polar surface area (TPSA) is 98.8 Å². The third kappa shape index (κ3) is 5.02. The smallest absolute Gasteiger partial charge is 0.413 e. The van der Waals surface area contributed by atoms with Crippen molar-refractivity contribution in [3.8, 4) is 5.75 Å². The molecule has 0 radical (unpaired) electrons. The Hall–Kier alpha value is -3.24. The number of pyridine rings is 1. The summed E-state index contributed by atoms with van der Waals surface area (Å²) in [5.41, 5.74) is 0.949. The van der Waals surface area contributed by atoms with Gasteiger partial charge in [-0.1, -0.05) is 30.3 Å². The van der Waals surface area contributed by atoms with Crippen LogP contribution < -0.4 is 15.4 Å². The number of thiocarbonyl (C=S) groups is 1. The molecule has 0 aliphatic heterocycles. The molecule has 1 amide bonds. The Labute approximate surface area is 182 Å². The molecule has 1 aromatic carbocycles. The first kappa shape index (κ1) is 21.5. The molecule has 156 valence electrons. The number of hydrogen-bond acceptors (Lipinski definition) is 8. The molecule has 0 saturated heterocycles. The van der Waals surface area contributed by atoms with E-state index in [1.807, 2.05) is 41.8 Å². The van der Waals surface area contributed by atoms with Crippen LogP contribution >= 0.6 is 23.6 Å². The lowest BCUT2D eigenvalue weighted by Gasteiger charge is -2.15. The predicted octanol–water partition coefficient (Wildman–Crippen LogP) is 4.10. The van der Waals surface area contributed by atoms with Gasteiger partial charge in [-0.15, -0.1) is 11.3 Å². The Kier molecular flexibility index (Phi) is 7.15. The van der Waals surface area contributed by atoms with Gasteiger partial charge in [-0.25, -0.2) is 14.6 Å². The van der Waals surface area contributed by atoms with Crippen LogP contribution in [0.25, 0.3) is 10.1 Å². The molecule has 0 spiro atoms. The Morgan fingerprint density at radius 3 is 2.67 bits per heavy atom. The Morgan fingerprint density at radius 2 is 1.97 bits per heavy atom. The third-order valence-electron chi connectivity index (χ3n) is 3.89. The number of nitrogens with one attached hydrogen (secondary N) is 2. The van der Waals surface area contributed by atoms with Crippen LogP contribution in [-0.4, -0.2) is 35.9 Å². The molecule has 3 rings (SSSR count). The maximum atomic E-state index is 12.4. The van der Waals surface area contributed by atoms with Gasteiger partial charge in [0.05, 0.1) is 18.4 Å². The second-order valence-corrected chi connectivity index (χ2v) is 7.19. The van der Waals surface area contributed by atoms with Crippen LogP contribution in [0.4, 0.5) is 10.6 Å². The number of methoxy groups -OCH3 is 1. The number of benzene rings is 1. The number of alkyl carbamates (subject to hydrolysis) is 1. The van der Waals surface area contributed by atoms with Gasteiger partial charge >= 0.3 is 12.1 Å². The molecule has 3 aromatic rings. The quantitative estimate of drug-likeness (QED) is 0.432. The fourth-order valence-electron chi connectivity index (χ4n) is 2.59. The number of fused-ring (bicyclic) bond motifs is 1. The zero-order valence-corrected chi connectivity index (χ0v) is 17.9. The number of thiophene rings is 1. The average molecular weight is 446 g/mol. The molecule has 0 atom stereocenters. The molecule has 0 saturated carbocycles. The highest BCUT2D eigenvalue weighted by Gasteiger charge is 2.23. The van der Waals surface area contributed by atoms with E-state index in [1.165, 1.54) is 18.4 Å². The number of esters is 1. The number of ether oxygens (including phenoxy) is 3. The van der Waals surface area contributed by atoms with Gasteiger partial charge in [-0.3, -0.25) is 5.32 Å². The highest BCUT2D eigenvalue weighted by molar-refractivity contribution is 7.80. The largest absolute Gasteiger partial charge is 0.485 e. The zero-order valence-electron chi connectivity index (χ0n) is 16.3. The van der Waals surface area contributed by atoms with E-state index in [-0.39, 0.29) is 24.0 Å². The van der Waals surface area contributed by atoms with Crippen LogP contribution in [0.3, 0.4) is 0 Å². The zero-order chi connectivity index (χ0) is 21.5. The minimum Gasteiger partial charge on any atom is -0.485 e. The molecule has 0 bridgehead atoms. The van der Waals surface area contributed by atoms with Gasteiger partial charge < -0.3 is 19.5 Å². The fraction of sp³-hybridized carbons (Fsp3) is 0.200. The van der Waals surface area contributed by atoms with Gasteiger partial charge in [0, 0.05) is 5.39 Å². The van der Waals surface area contributed by atoms with Gasteiger partial charge in [0.15, 0.2) is 16.6 Å². The van der Waals surface area contributed by atoms with E-state index in [2.05, 4.69) is 15.6 Å². The lowest BCUT2D eigenvalue weighted by atomic mass is 10.2. The van der Waals surface area contributed by atoms with Crippen molar-refractivity contribution in [2.45, 2.75) is 13.5 Å². The third-order valence-corrected chi connectivity index (χ3v) is 5.01. The molecule has 2 aromatic heterocycles. The van der Waals surface area contributed by atoms with Crippen LogP contribution in [0.1, 0.15) is 23.0 Å². The molecule has 2 N–H and O–H groups in total. The first-order valence-corrected chi connectivity index (χ1v) is 10.2. The Bertz CT molecular complexity index is 1070. The molecule has 10 heteroatoms. The lowest BCUT2D eigenvalue weighted by Crippen LogP contribution is -2.35. The van der Waals surface area contributed by atoms with Crippen molar-refractivity contribution < 1.29 is 23.8 Å². The van der Waals surface area contributed by atoms with Crippen molar-refractivity contribution in [1.29, 1.82) is 0 Å². The monoisotopic (exact) mass is 445 g/mol. The van der Waals surface area contributed by atoms with Crippen LogP contribution in [0.2, 0.25) is 0 Å². The first-order chi connectivity index (χ1) is 14.5. The van der Waals surface area contributed by atoms with Crippen molar-refractivity contribution in [3.05, 3.63) is 53.0 Å². The molecular weight excluding hydrogens is 426 g/mol. The van der Waals surface area contributed by atoms with E-state index < -0.39 is 12.1 Å². The Balaban J connectivity index is 1.94. The van der Waals surface area contributed by atoms with Gasteiger partial charge in [-0.05, 0) is 36.2 Å². The number of nitrogens with zero attached hydrogens (tertiary/aromatic N) is 1. The molecular formula is C20H19N3O5S2. The molecule has 0 fully saturated rings. The van der Waals surface area contributed by atoms with E-state index in [0.717, 1.165) is 5.56 Å². The highest BCUT2D eigenvalue weighted by Crippen LogP contribution is 2.38. The summed E-state index contributed by atoms with van der Waals surface area (Å²) in [5.74, 6) is -0.0354. The van der Waals surface area contributed by atoms with Crippen molar-refractivity contribution >= 4 is 56.6 Å². The molecule has 0 aliphatic carbocycles. The van der Waals surface area contributed by atoms with Gasteiger partial charge in [-0.2, -0.15) is 0 Å². The predicted molar refractivity (Wildman–Crippen MR) is 118 cm³/mol. The van der Waals surface area contributed by atoms with Crippen LogP contribution in [0.5, 0.6) is 5.75 Å². The number of hydrogen-bond donors (Lipinski definition) is 2. The second kappa shape index (κ2) is 9.99. The van der Waals surface area contributed by atoms with E-state index in [9.17, 15) is 9.59 Å². The van der Waals surface area contributed by atoms with Gasteiger partial charge in [0.25, 0.3) is 0 Å². The van der Waals surface area contributed by atoms with Crippen LogP contribution in [0, 0.1) is 0 Å². The summed E-state index contributed by atoms with van der Waals surface area (Å²) in [5, 5.41) is 7.73. The molecule has 0 aliphatic rings. The fourth-order valence-corrected chi connectivity index (χ4v) is 3.67. The number of amides is 1. The molecule has 0 unspecified atom stereocenters. The first-order valence-electron chi connectivity index (χ1n) is 8.94. The van der Waals surface area contributed by atoms with Crippen LogP contribution in [-0.2, 0) is 16.1 Å². The minimum atomic E-state index is -0.687. The van der Waals surface area contributed by atoms with Crippen LogP contribution in [0.15, 0.2) is 41.8 Å². The van der Waals surface area contributed by atoms with E-state index >= 15 is 0 Å². The summed E-state index contributed by atoms with van der Waals surface area (Å²) in [7, 11) is 1.27. The maximum absolute atomic E-state index is 12.4. The SMILES string of the molecule is CCOC(=O)NC(=S)Nc1nc(C(=O)OC)c(OCc2ccccc2)c2sccc12. The van der Waals surface area contributed by atoms with Crippen molar-refractivity contribution in [2.24, 2.45) is 0 Å². The summed E-state index contributed by atoms with van der Waals surface area (Å²) >= 11 is 6.53. The molecule has 2 heterocycles. The van der Waals surface area contributed by atoms with E-state index in [0.29, 0.717) is 21.7 Å². The second-order valence-electron chi connectivity index (χ2n) is 5.87. The summed E-state index contributed by atoms with van der Waals surface area (Å²) < 4.78 is 16.4. The number of carbonyl (C=O) groups excluding carboxylic acids is 2. The highest BCUT2D eigenvalue weighted by atomic mass is 32.1. The van der Waals surface area contributed by atoms with Crippen molar-refractivity contribution in [2.75, 3.05) is 19.0 Å². The summed E-state index contributed by atoms with van der Waals surface area (Å²) in [6.45, 7) is 2.15. The number of aromatic nitrogens is 1. The Morgan fingerprint density at radius 1 is 1.20 bits per heavy atom. The normalized spacial score (nSPS) is 10.3. The summed E-state index contributed by atoms with van der Waals surface area (Å²) in [6.07, 6.45) is -0.687. The lowest BCUT2D eigenvalue weighted by molar-refractivity contribution is 0.0589. The summed E-state index contributed by atoms with van der Waals surface area (Å²) in [4.78, 5) is 28.3. The number of carbonyl (C=O) groups is 2. The number of anilines is 1. The standard InChI is InChI=1S/C20H19N3O5S2/c1-3-27-20(25)23-19(29)22-17-13-9-10-30-16(13)15(14(21-17)18(24)26-2)28-11-12-7-5-4-6-8-12/h4-10H,3,11H2,1-2H3,(H2,21,22,23,25,29). The van der Waals surface area contributed by atoms with Gasteiger partial charge in [0.2, 0.25) is 0 Å². The summed E-state index contributed by atoms with van der Waals surface area (Å²) in [6, 6.07) is 11.4. The van der Waals surface area contributed by atoms with Crippen molar-refractivity contribution in [1.82, 2.24) is 10.3 Å². The van der Waals surface area contributed by atoms with Gasteiger partial charge in [0.1, 0.15) is 12.4 Å². The van der Waals surface area contributed by atoms with E-state index in [4.69, 9.17) is 26.4 Å². The minimum absolute atomic E-state index is 0.00446.